The number of hydrogen-bond donors (Lipinski definition) is 1. The first-order valence-corrected chi connectivity index (χ1v) is 7.56. The lowest BCUT2D eigenvalue weighted by Gasteiger charge is -2.42. The Morgan fingerprint density at radius 1 is 1.33 bits per heavy atom. The summed E-state index contributed by atoms with van der Waals surface area (Å²) in [5.74, 6) is 0. The molecular weight excluding hydrogens is 224 g/mol. The lowest BCUT2D eigenvalue weighted by Crippen LogP contribution is -2.55. The molecule has 3 nitrogen and oxygen atoms in total. The molecule has 3 heteroatoms. The third-order valence-corrected chi connectivity index (χ3v) is 3.70. The maximum atomic E-state index is 5.61. The molecule has 1 aliphatic heterocycles. The Morgan fingerprint density at radius 2 is 2.06 bits per heavy atom. The van der Waals surface area contributed by atoms with E-state index in [2.05, 4.69) is 44.8 Å². The molecule has 0 aromatic heterocycles. The molecule has 0 aromatic rings. The minimum atomic E-state index is 0.208. The Kier molecular flexibility index (Phi) is 6.61. The third kappa shape index (κ3) is 5.25. The fourth-order valence-corrected chi connectivity index (χ4v) is 2.64. The van der Waals surface area contributed by atoms with Gasteiger partial charge in [0.25, 0.3) is 0 Å². The molecule has 18 heavy (non-hydrogen) atoms. The van der Waals surface area contributed by atoms with Crippen LogP contribution in [0.15, 0.2) is 0 Å². The third-order valence-electron chi connectivity index (χ3n) is 3.70. The van der Waals surface area contributed by atoms with Gasteiger partial charge in [-0.15, -0.1) is 0 Å². The Hall–Kier alpha value is -0.120. The first kappa shape index (κ1) is 15.9. The van der Waals surface area contributed by atoms with Crippen molar-refractivity contribution in [2.45, 2.75) is 71.5 Å². The normalized spacial score (nSPS) is 24.2. The average Bonchev–Trinajstić information content (AvgIpc) is 2.33. The van der Waals surface area contributed by atoms with Gasteiger partial charge >= 0.3 is 0 Å². The van der Waals surface area contributed by atoms with Crippen LogP contribution in [0.5, 0.6) is 0 Å². The summed E-state index contributed by atoms with van der Waals surface area (Å²) in [6, 6.07) is 1.26. The second-order valence-corrected chi connectivity index (χ2v) is 6.45. The molecule has 0 radical (unpaired) electrons. The molecule has 0 spiro atoms. The molecule has 1 aliphatic rings. The van der Waals surface area contributed by atoms with E-state index >= 15 is 0 Å². The lowest BCUT2D eigenvalue weighted by atomic mass is 10.0. The zero-order chi connectivity index (χ0) is 13.6. The molecule has 108 valence electrons. The van der Waals surface area contributed by atoms with Crippen molar-refractivity contribution in [1.82, 2.24) is 10.2 Å². The minimum Gasteiger partial charge on any atom is -0.378 e. The Labute approximate surface area is 113 Å². The van der Waals surface area contributed by atoms with Gasteiger partial charge in [0.05, 0.1) is 13.2 Å². The molecule has 2 unspecified atom stereocenters. The van der Waals surface area contributed by atoms with Gasteiger partial charge in [0, 0.05) is 30.7 Å². The zero-order valence-electron chi connectivity index (χ0n) is 13.0. The predicted molar refractivity (Wildman–Crippen MR) is 78.1 cm³/mol. The average molecular weight is 256 g/mol. The largest absolute Gasteiger partial charge is 0.378 e. The monoisotopic (exact) mass is 256 g/mol. The van der Waals surface area contributed by atoms with Crippen LogP contribution < -0.4 is 5.32 Å². The van der Waals surface area contributed by atoms with Crippen LogP contribution >= 0.6 is 0 Å². The lowest BCUT2D eigenvalue weighted by molar-refractivity contribution is -0.0323. The van der Waals surface area contributed by atoms with Crippen molar-refractivity contribution >= 4 is 0 Å². The zero-order valence-corrected chi connectivity index (χ0v) is 13.0. The summed E-state index contributed by atoms with van der Waals surface area (Å²) in [5.41, 5.74) is 0.208. The van der Waals surface area contributed by atoms with Gasteiger partial charge in [-0.3, -0.25) is 4.90 Å². The summed E-state index contributed by atoms with van der Waals surface area (Å²) in [5, 5.41) is 3.67. The molecule has 0 amide bonds. The van der Waals surface area contributed by atoms with Crippen LogP contribution in [0.2, 0.25) is 0 Å². The summed E-state index contributed by atoms with van der Waals surface area (Å²) < 4.78 is 5.61. The molecule has 0 aliphatic carbocycles. The smallest absolute Gasteiger partial charge is 0.0622 e. The minimum absolute atomic E-state index is 0.208. The molecule has 1 rings (SSSR count). The molecule has 0 bridgehead atoms. The molecule has 0 aromatic carbocycles. The summed E-state index contributed by atoms with van der Waals surface area (Å²) in [4.78, 5) is 2.67. The van der Waals surface area contributed by atoms with Gasteiger partial charge < -0.3 is 10.1 Å². The second kappa shape index (κ2) is 7.46. The summed E-state index contributed by atoms with van der Waals surface area (Å²) >= 11 is 0. The number of ether oxygens (including phenoxy) is 1. The fraction of sp³-hybridized carbons (Fsp3) is 1.00. The van der Waals surface area contributed by atoms with Gasteiger partial charge in [0.2, 0.25) is 0 Å². The topological polar surface area (TPSA) is 24.5 Å². The first-order chi connectivity index (χ1) is 8.48. The van der Waals surface area contributed by atoms with E-state index in [0.29, 0.717) is 12.1 Å². The molecule has 1 N–H and O–H groups in total. The number of hydrogen-bond acceptors (Lipinski definition) is 3. The van der Waals surface area contributed by atoms with Gasteiger partial charge in [-0.2, -0.15) is 0 Å². The van der Waals surface area contributed by atoms with Gasteiger partial charge in [-0.1, -0.05) is 20.3 Å². The number of nitrogens with one attached hydrogen (secondary N) is 1. The van der Waals surface area contributed by atoms with Gasteiger partial charge in [-0.25, -0.2) is 0 Å². The Morgan fingerprint density at radius 3 is 2.61 bits per heavy atom. The van der Waals surface area contributed by atoms with E-state index in [1.165, 1.54) is 19.3 Å². The standard InChI is InChI=1S/C15H32N2O/c1-6-8-14(11-16-15(3,4)5)17-9-10-18-12-13(17)7-2/h13-14,16H,6-12H2,1-5H3. The Bertz CT molecular complexity index is 225. The van der Waals surface area contributed by atoms with E-state index in [-0.39, 0.29) is 5.54 Å². The molecule has 1 saturated heterocycles. The van der Waals surface area contributed by atoms with Crippen LogP contribution in [0.4, 0.5) is 0 Å². The maximum Gasteiger partial charge on any atom is 0.0622 e. The molecule has 1 fully saturated rings. The Balaban J connectivity index is 2.57. The van der Waals surface area contributed by atoms with E-state index in [9.17, 15) is 0 Å². The molecule has 0 saturated carbocycles. The van der Waals surface area contributed by atoms with Gasteiger partial charge in [0.1, 0.15) is 0 Å². The maximum absolute atomic E-state index is 5.61. The highest BCUT2D eigenvalue weighted by Crippen LogP contribution is 2.17. The molecule has 1 heterocycles. The van der Waals surface area contributed by atoms with Crippen molar-refractivity contribution < 1.29 is 4.74 Å². The van der Waals surface area contributed by atoms with Crippen molar-refractivity contribution in [2.75, 3.05) is 26.3 Å². The number of morpholine rings is 1. The van der Waals surface area contributed by atoms with Gasteiger partial charge in [-0.05, 0) is 33.6 Å². The van der Waals surface area contributed by atoms with Crippen molar-refractivity contribution in [3.8, 4) is 0 Å². The van der Waals surface area contributed by atoms with Crippen molar-refractivity contribution in [1.29, 1.82) is 0 Å². The summed E-state index contributed by atoms with van der Waals surface area (Å²) in [6.45, 7) is 15.3. The van der Waals surface area contributed by atoms with Crippen molar-refractivity contribution in [3.05, 3.63) is 0 Å². The highest BCUT2D eigenvalue weighted by Gasteiger charge is 2.28. The van der Waals surface area contributed by atoms with Crippen LogP contribution in [-0.4, -0.2) is 48.8 Å². The van der Waals surface area contributed by atoms with E-state index in [4.69, 9.17) is 4.74 Å². The fourth-order valence-electron chi connectivity index (χ4n) is 2.64. The van der Waals surface area contributed by atoms with Gasteiger partial charge in [0.15, 0.2) is 0 Å². The molecule has 2 atom stereocenters. The summed E-state index contributed by atoms with van der Waals surface area (Å²) in [7, 11) is 0. The highest BCUT2D eigenvalue weighted by molar-refractivity contribution is 4.84. The number of rotatable bonds is 6. The highest BCUT2D eigenvalue weighted by atomic mass is 16.5. The SMILES string of the molecule is CCCC(CNC(C)(C)C)N1CCOCC1CC. The van der Waals surface area contributed by atoms with Crippen molar-refractivity contribution in [3.63, 3.8) is 0 Å². The first-order valence-electron chi connectivity index (χ1n) is 7.56. The van der Waals surface area contributed by atoms with Crippen LogP contribution in [0.1, 0.15) is 53.9 Å². The van der Waals surface area contributed by atoms with Crippen LogP contribution in [-0.2, 0) is 4.74 Å². The quantitative estimate of drug-likeness (QED) is 0.791. The predicted octanol–water partition coefficient (Wildman–Crippen LogP) is 2.65. The summed E-state index contributed by atoms with van der Waals surface area (Å²) in [6.07, 6.45) is 3.72. The van der Waals surface area contributed by atoms with Crippen LogP contribution in [0.25, 0.3) is 0 Å². The van der Waals surface area contributed by atoms with E-state index in [1.807, 2.05) is 0 Å². The molecular formula is C15H32N2O. The van der Waals surface area contributed by atoms with Crippen LogP contribution in [0.3, 0.4) is 0 Å². The number of nitrogens with zero attached hydrogens (tertiary/aromatic N) is 1. The second-order valence-electron chi connectivity index (χ2n) is 6.45. The van der Waals surface area contributed by atoms with E-state index < -0.39 is 0 Å². The van der Waals surface area contributed by atoms with Crippen molar-refractivity contribution in [2.24, 2.45) is 0 Å². The van der Waals surface area contributed by atoms with E-state index in [1.54, 1.807) is 0 Å². The van der Waals surface area contributed by atoms with Crippen LogP contribution in [0, 0.1) is 0 Å². The van der Waals surface area contributed by atoms with E-state index in [0.717, 1.165) is 26.3 Å².